The first-order chi connectivity index (χ1) is 9.20. The highest BCUT2D eigenvalue weighted by Crippen LogP contribution is 2.42. The molecule has 0 radical (unpaired) electrons. The molecule has 2 unspecified atom stereocenters. The summed E-state index contributed by atoms with van der Waals surface area (Å²) in [6, 6.07) is 0. The summed E-state index contributed by atoms with van der Waals surface area (Å²) >= 11 is 1.81. The Hall–Kier alpha value is -0.450. The second-order valence-corrected chi connectivity index (χ2v) is 6.52. The molecule has 2 atom stereocenters. The van der Waals surface area contributed by atoms with Gasteiger partial charge >= 0.3 is 0 Å². The molecular formula is C15H26N2OS. The highest BCUT2D eigenvalue weighted by molar-refractivity contribution is 7.09. The number of nitrogens with zero attached hydrogens (tertiary/aromatic N) is 1. The number of rotatable bonds is 6. The zero-order valence-electron chi connectivity index (χ0n) is 12.4. The normalized spacial score (nSPS) is 27.6. The first-order valence-electron chi connectivity index (χ1n) is 7.37. The molecule has 1 aliphatic rings. The van der Waals surface area contributed by atoms with Crippen molar-refractivity contribution in [2.24, 2.45) is 5.92 Å². The minimum atomic E-state index is 0.0936. The van der Waals surface area contributed by atoms with E-state index in [1.165, 1.54) is 37.1 Å². The third-order valence-electron chi connectivity index (χ3n) is 4.23. The van der Waals surface area contributed by atoms with Crippen LogP contribution in [-0.4, -0.2) is 25.2 Å². The van der Waals surface area contributed by atoms with Crippen LogP contribution in [0.5, 0.6) is 0 Å². The summed E-state index contributed by atoms with van der Waals surface area (Å²) in [5.74, 6) is 0.827. The van der Waals surface area contributed by atoms with E-state index in [9.17, 15) is 0 Å². The lowest BCUT2D eigenvalue weighted by Crippen LogP contribution is -2.47. The number of hydrogen-bond acceptors (Lipinski definition) is 4. The molecule has 1 aromatic heterocycles. The maximum atomic E-state index is 5.19. The lowest BCUT2D eigenvalue weighted by atomic mass is 9.75. The Balaban J connectivity index is 2.16. The van der Waals surface area contributed by atoms with Gasteiger partial charge in [0, 0.05) is 24.7 Å². The largest absolute Gasteiger partial charge is 0.383 e. The van der Waals surface area contributed by atoms with Crippen molar-refractivity contribution in [3.05, 3.63) is 16.1 Å². The second kappa shape index (κ2) is 6.82. The molecule has 4 heteroatoms. The Morgan fingerprint density at radius 1 is 1.58 bits per heavy atom. The Kier molecular flexibility index (Phi) is 5.37. The molecule has 0 spiro atoms. The van der Waals surface area contributed by atoms with Gasteiger partial charge in [-0.15, -0.1) is 11.3 Å². The fraction of sp³-hybridized carbons (Fsp3) is 0.800. The number of nitrogens with one attached hydrogen (secondary N) is 1. The number of aromatic nitrogens is 1. The van der Waals surface area contributed by atoms with Gasteiger partial charge < -0.3 is 10.1 Å². The third-order valence-corrected chi connectivity index (χ3v) is 5.39. The lowest BCUT2D eigenvalue weighted by molar-refractivity contribution is 0.143. The number of aryl methyl sites for hydroxylation is 1. The van der Waals surface area contributed by atoms with Gasteiger partial charge in [-0.05, 0) is 25.7 Å². The average molecular weight is 282 g/mol. The van der Waals surface area contributed by atoms with E-state index < -0.39 is 0 Å². The Morgan fingerprint density at radius 2 is 2.42 bits per heavy atom. The van der Waals surface area contributed by atoms with Crippen LogP contribution in [0.1, 0.15) is 49.7 Å². The molecule has 1 N–H and O–H groups in total. The van der Waals surface area contributed by atoms with Crippen LogP contribution in [0.25, 0.3) is 0 Å². The lowest BCUT2D eigenvalue weighted by Gasteiger charge is -2.40. The average Bonchev–Trinajstić information content (AvgIpc) is 2.86. The van der Waals surface area contributed by atoms with E-state index in [1.807, 2.05) is 11.3 Å². The monoisotopic (exact) mass is 282 g/mol. The summed E-state index contributed by atoms with van der Waals surface area (Å²) in [6.07, 6.45) is 6.38. The van der Waals surface area contributed by atoms with Crippen LogP contribution in [0.3, 0.4) is 0 Å². The van der Waals surface area contributed by atoms with Gasteiger partial charge in [-0.25, -0.2) is 4.98 Å². The summed E-state index contributed by atoms with van der Waals surface area (Å²) in [7, 11) is 1.76. The molecule has 0 saturated heterocycles. The topological polar surface area (TPSA) is 34.1 Å². The maximum Gasteiger partial charge on any atom is 0.113 e. The molecular weight excluding hydrogens is 256 g/mol. The summed E-state index contributed by atoms with van der Waals surface area (Å²) < 4.78 is 5.19. The SMILES string of the molecule is CCC1CCCC(NCCOC)(c2nc(C)cs2)C1. The standard InChI is InChI=1S/C15H26N2OS/c1-4-13-6-5-7-15(10-13,16-8-9-18-3)14-17-12(2)11-19-14/h11,13,16H,4-10H2,1-3H3. The van der Waals surface area contributed by atoms with E-state index in [4.69, 9.17) is 9.72 Å². The number of thiazole rings is 1. The van der Waals surface area contributed by atoms with E-state index in [0.29, 0.717) is 0 Å². The zero-order chi connectivity index (χ0) is 13.7. The van der Waals surface area contributed by atoms with Crippen molar-refractivity contribution in [3.63, 3.8) is 0 Å². The van der Waals surface area contributed by atoms with Crippen molar-refractivity contribution < 1.29 is 4.74 Å². The van der Waals surface area contributed by atoms with Gasteiger partial charge in [0.15, 0.2) is 0 Å². The third kappa shape index (κ3) is 3.56. The molecule has 2 rings (SSSR count). The quantitative estimate of drug-likeness (QED) is 0.811. The fourth-order valence-corrected chi connectivity index (χ4v) is 4.15. The Labute approximate surface area is 120 Å². The van der Waals surface area contributed by atoms with Crippen LogP contribution in [0.15, 0.2) is 5.38 Å². The molecule has 108 valence electrons. The van der Waals surface area contributed by atoms with Crippen LogP contribution < -0.4 is 5.32 Å². The highest BCUT2D eigenvalue weighted by atomic mass is 32.1. The second-order valence-electron chi connectivity index (χ2n) is 5.67. The van der Waals surface area contributed by atoms with Crippen LogP contribution in [-0.2, 0) is 10.3 Å². The van der Waals surface area contributed by atoms with E-state index in [2.05, 4.69) is 24.5 Å². The summed E-state index contributed by atoms with van der Waals surface area (Å²) in [5.41, 5.74) is 1.24. The Morgan fingerprint density at radius 3 is 3.05 bits per heavy atom. The summed E-state index contributed by atoms with van der Waals surface area (Å²) in [4.78, 5) is 4.77. The summed E-state index contributed by atoms with van der Waals surface area (Å²) in [5, 5.41) is 7.20. The van der Waals surface area contributed by atoms with Gasteiger partial charge in [0.05, 0.1) is 12.1 Å². The maximum absolute atomic E-state index is 5.19. The molecule has 3 nitrogen and oxygen atoms in total. The first kappa shape index (κ1) is 14.9. The van der Waals surface area contributed by atoms with Crippen LogP contribution >= 0.6 is 11.3 Å². The van der Waals surface area contributed by atoms with E-state index in [-0.39, 0.29) is 5.54 Å². The van der Waals surface area contributed by atoms with E-state index >= 15 is 0 Å². The minimum Gasteiger partial charge on any atom is -0.383 e. The summed E-state index contributed by atoms with van der Waals surface area (Å²) in [6.45, 7) is 6.07. The van der Waals surface area contributed by atoms with Crippen molar-refractivity contribution in [1.29, 1.82) is 0 Å². The van der Waals surface area contributed by atoms with Gasteiger partial charge in [0.2, 0.25) is 0 Å². The van der Waals surface area contributed by atoms with Crippen molar-refractivity contribution in [3.8, 4) is 0 Å². The molecule has 1 aromatic rings. The van der Waals surface area contributed by atoms with Gasteiger partial charge in [0.1, 0.15) is 5.01 Å². The van der Waals surface area contributed by atoms with Gasteiger partial charge in [-0.3, -0.25) is 0 Å². The fourth-order valence-electron chi connectivity index (χ4n) is 3.13. The van der Waals surface area contributed by atoms with E-state index in [1.54, 1.807) is 7.11 Å². The van der Waals surface area contributed by atoms with Crippen LogP contribution in [0.4, 0.5) is 0 Å². The van der Waals surface area contributed by atoms with Crippen molar-refractivity contribution in [2.75, 3.05) is 20.3 Å². The molecule has 0 amide bonds. The molecule has 0 bridgehead atoms. The van der Waals surface area contributed by atoms with Crippen LogP contribution in [0, 0.1) is 12.8 Å². The molecule has 1 saturated carbocycles. The number of ether oxygens (including phenoxy) is 1. The zero-order valence-corrected chi connectivity index (χ0v) is 13.2. The van der Waals surface area contributed by atoms with Gasteiger partial charge in [-0.2, -0.15) is 0 Å². The smallest absolute Gasteiger partial charge is 0.113 e. The van der Waals surface area contributed by atoms with Crippen molar-refractivity contribution in [2.45, 2.75) is 51.5 Å². The van der Waals surface area contributed by atoms with Gasteiger partial charge in [0.25, 0.3) is 0 Å². The molecule has 1 fully saturated rings. The Bertz CT molecular complexity index is 393. The van der Waals surface area contributed by atoms with E-state index in [0.717, 1.165) is 24.8 Å². The van der Waals surface area contributed by atoms with Crippen LogP contribution in [0.2, 0.25) is 0 Å². The highest BCUT2D eigenvalue weighted by Gasteiger charge is 2.39. The molecule has 1 heterocycles. The molecule has 0 aromatic carbocycles. The predicted molar refractivity (Wildman–Crippen MR) is 80.7 cm³/mol. The predicted octanol–water partition coefficient (Wildman–Crippen LogP) is 3.48. The number of methoxy groups -OCH3 is 1. The minimum absolute atomic E-state index is 0.0936. The molecule has 0 aliphatic heterocycles. The first-order valence-corrected chi connectivity index (χ1v) is 8.24. The van der Waals surface area contributed by atoms with Gasteiger partial charge in [-0.1, -0.05) is 26.2 Å². The van der Waals surface area contributed by atoms with Crippen molar-refractivity contribution >= 4 is 11.3 Å². The number of hydrogen-bond donors (Lipinski definition) is 1. The molecule has 19 heavy (non-hydrogen) atoms. The molecule has 1 aliphatic carbocycles. The van der Waals surface area contributed by atoms with Crippen molar-refractivity contribution in [1.82, 2.24) is 10.3 Å².